The van der Waals surface area contributed by atoms with Crippen molar-refractivity contribution in [1.29, 1.82) is 0 Å². The van der Waals surface area contributed by atoms with Crippen LogP contribution in [0.3, 0.4) is 0 Å². The monoisotopic (exact) mass is 361 g/mol. The van der Waals surface area contributed by atoms with Crippen molar-refractivity contribution >= 4 is 31.9 Å². The topological polar surface area (TPSA) is 21.3 Å². The first-order chi connectivity index (χ1) is 8.08. The number of benzene rings is 1. The van der Waals surface area contributed by atoms with Gasteiger partial charge in [-0.1, -0.05) is 22.0 Å². The van der Waals surface area contributed by atoms with Gasteiger partial charge >= 0.3 is 0 Å². The number of hydrogen-bond donors (Lipinski definition) is 1. The smallest absolute Gasteiger partial charge is 0.137 e. The SMILES string of the molecule is C=CCC(C)NCc1cc(Br)cc(Br)c1OC. The molecule has 2 nitrogen and oxygen atoms in total. The van der Waals surface area contributed by atoms with E-state index in [1.807, 2.05) is 12.1 Å². The lowest BCUT2D eigenvalue weighted by atomic mass is 10.1. The van der Waals surface area contributed by atoms with Crippen molar-refractivity contribution in [3.63, 3.8) is 0 Å². The second kappa shape index (κ2) is 7.19. The molecule has 0 aromatic heterocycles. The maximum atomic E-state index is 5.40. The predicted octanol–water partition coefficient (Wildman–Crippen LogP) is 4.27. The van der Waals surface area contributed by atoms with E-state index in [0.29, 0.717) is 6.04 Å². The number of methoxy groups -OCH3 is 1. The molecule has 0 bridgehead atoms. The van der Waals surface area contributed by atoms with Gasteiger partial charge in [0, 0.05) is 22.6 Å². The molecule has 0 fully saturated rings. The van der Waals surface area contributed by atoms with Gasteiger partial charge in [-0.3, -0.25) is 0 Å². The van der Waals surface area contributed by atoms with E-state index in [1.54, 1.807) is 7.11 Å². The highest BCUT2D eigenvalue weighted by Crippen LogP contribution is 2.32. The van der Waals surface area contributed by atoms with Crippen LogP contribution in [-0.4, -0.2) is 13.2 Å². The minimum Gasteiger partial charge on any atom is -0.495 e. The molecule has 17 heavy (non-hydrogen) atoms. The quantitative estimate of drug-likeness (QED) is 0.763. The van der Waals surface area contributed by atoms with Crippen molar-refractivity contribution in [2.75, 3.05) is 7.11 Å². The molecule has 0 heterocycles. The minimum atomic E-state index is 0.412. The average molecular weight is 363 g/mol. The molecule has 0 aliphatic carbocycles. The van der Waals surface area contributed by atoms with Crippen molar-refractivity contribution < 1.29 is 4.74 Å². The summed E-state index contributed by atoms with van der Waals surface area (Å²) in [6.45, 7) is 6.65. The van der Waals surface area contributed by atoms with Gasteiger partial charge in [0.25, 0.3) is 0 Å². The first kappa shape index (κ1) is 14.7. The highest BCUT2D eigenvalue weighted by atomic mass is 79.9. The molecule has 4 heteroatoms. The van der Waals surface area contributed by atoms with E-state index >= 15 is 0 Å². The van der Waals surface area contributed by atoms with Crippen LogP contribution in [0.4, 0.5) is 0 Å². The van der Waals surface area contributed by atoms with Gasteiger partial charge in [0.15, 0.2) is 0 Å². The van der Waals surface area contributed by atoms with Crippen LogP contribution in [0.1, 0.15) is 18.9 Å². The maximum absolute atomic E-state index is 5.40. The fourth-order valence-corrected chi connectivity index (χ4v) is 3.07. The molecule has 1 aromatic rings. The van der Waals surface area contributed by atoms with Gasteiger partial charge in [-0.25, -0.2) is 0 Å². The van der Waals surface area contributed by atoms with Gasteiger partial charge < -0.3 is 10.1 Å². The van der Waals surface area contributed by atoms with Crippen molar-refractivity contribution in [3.8, 4) is 5.75 Å². The van der Waals surface area contributed by atoms with E-state index in [0.717, 1.165) is 33.2 Å². The van der Waals surface area contributed by atoms with Crippen molar-refractivity contribution in [2.24, 2.45) is 0 Å². The van der Waals surface area contributed by atoms with Crippen LogP contribution >= 0.6 is 31.9 Å². The Hall–Kier alpha value is -0.320. The molecule has 1 aromatic carbocycles. The Morgan fingerprint density at radius 2 is 2.18 bits per heavy atom. The van der Waals surface area contributed by atoms with Gasteiger partial charge in [0.1, 0.15) is 5.75 Å². The zero-order valence-corrected chi connectivity index (χ0v) is 13.3. The molecule has 1 atom stereocenters. The summed E-state index contributed by atoms with van der Waals surface area (Å²) in [5.41, 5.74) is 1.13. The number of ether oxygens (including phenoxy) is 1. The molecular weight excluding hydrogens is 346 g/mol. The summed E-state index contributed by atoms with van der Waals surface area (Å²) in [5.74, 6) is 0.881. The summed E-state index contributed by atoms with van der Waals surface area (Å²) < 4.78 is 7.40. The molecule has 0 aliphatic rings. The molecule has 0 radical (unpaired) electrons. The Morgan fingerprint density at radius 1 is 1.47 bits per heavy atom. The third kappa shape index (κ3) is 4.45. The number of nitrogens with one attached hydrogen (secondary N) is 1. The molecule has 0 saturated carbocycles. The number of rotatable bonds is 6. The highest BCUT2D eigenvalue weighted by Gasteiger charge is 2.09. The first-order valence-electron chi connectivity index (χ1n) is 5.44. The minimum absolute atomic E-state index is 0.412. The summed E-state index contributed by atoms with van der Waals surface area (Å²) in [6, 6.07) is 4.46. The second-order valence-electron chi connectivity index (χ2n) is 3.89. The molecule has 1 rings (SSSR count). The molecule has 0 aliphatic heterocycles. The molecule has 1 N–H and O–H groups in total. The van der Waals surface area contributed by atoms with Crippen LogP contribution in [0, 0.1) is 0 Å². The van der Waals surface area contributed by atoms with Gasteiger partial charge in [-0.05, 0) is 41.4 Å². The van der Waals surface area contributed by atoms with Gasteiger partial charge in [0.2, 0.25) is 0 Å². The van der Waals surface area contributed by atoms with Gasteiger partial charge in [-0.2, -0.15) is 0 Å². The van der Waals surface area contributed by atoms with Crippen molar-refractivity contribution in [1.82, 2.24) is 5.32 Å². The molecule has 94 valence electrons. The lowest BCUT2D eigenvalue weighted by molar-refractivity contribution is 0.403. The molecule has 1 unspecified atom stereocenters. The Labute approximate surface area is 120 Å². The molecule has 0 spiro atoms. The zero-order chi connectivity index (χ0) is 12.8. The van der Waals surface area contributed by atoms with E-state index in [9.17, 15) is 0 Å². The van der Waals surface area contributed by atoms with Gasteiger partial charge in [-0.15, -0.1) is 6.58 Å². The third-order valence-electron chi connectivity index (χ3n) is 2.45. The van der Waals surface area contributed by atoms with Crippen LogP contribution in [0.2, 0.25) is 0 Å². The standard InChI is InChI=1S/C13H17Br2NO/c1-4-5-9(2)16-8-10-6-11(14)7-12(15)13(10)17-3/h4,6-7,9,16H,1,5,8H2,2-3H3. The summed E-state index contributed by atoms with van der Waals surface area (Å²) in [7, 11) is 1.69. The Bertz CT molecular complexity index is 393. The Balaban J connectivity index is 2.79. The number of hydrogen-bond acceptors (Lipinski definition) is 2. The Morgan fingerprint density at radius 3 is 2.76 bits per heavy atom. The lowest BCUT2D eigenvalue weighted by Crippen LogP contribution is -2.25. The van der Waals surface area contributed by atoms with Crippen LogP contribution < -0.4 is 10.1 Å². The normalized spacial score (nSPS) is 12.2. The predicted molar refractivity (Wildman–Crippen MR) is 79.5 cm³/mol. The van der Waals surface area contributed by atoms with E-state index in [-0.39, 0.29) is 0 Å². The highest BCUT2D eigenvalue weighted by molar-refractivity contribution is 9.11. The van der Waals surface area contributed by atoms with Crippen LogP contribution in [-0.2, 0) is 6.54 Å². The largest absolute Gasteiger partial charge is 0.495 e. The van der Waals surface area contributed by atoms with E-state index in [2.05, 4.69) is 56.7 Å². The maximum Gasteiger partial charge on any atom is 0.137 e. The molecular formula is C13H17Br2NO. The molecule has 0 saturated heterocycles. The van der Waals surface area contributed by atoms with E-state index in [4.69, 9.17) is 4.74 Å². The van der Waals surface area contributed by atoms with Crippen LogP contribution in [0.15, 0.2) is 33.7 Å². The summed E-state index contributed by atoms with van der Waals surface area (Å²) in [5, 5.41) is 3.44. The second-order valence-corrected chi connectivity index (χ2v) is 5.66. The van der Waals surface area contributed by atoms with E-state index < -0.39 is 0 Å². The first-order valence-corrected chi connectivity index (χ1v) is 7.03. The fraction of sp³-hybridized carbons (Fsp3) is 0.385. The van der Waals surface area contributed by atoms with Gasteiger partial charge in [0.05, 0.1) is 11.6 Å². The summed E-state index contributed by atoms with van der Waals surface area (Å²) in [6.07, 6.45) is 2.88. The zero-order valence-electron chi connectivity index (χ0n) is 10.1. The average Bonchev–Trinajstić information content (AvgIpc) is 2.26. The lowest BCUT2D eigenvalue weighted by Gasteiger charge is -2.15. The third-order valence-corrected chi connectivity index (χ3v) is 3.50. The van der Waals surface area contributed by atoms with Crippen molar-refractivity contribution in [2.45, 2.75) is 25.9 Å². The Kier molecular flexibility index (Phi) is 6.23. The fourth-order valence-electron chi connectivity index (χ4n) is 1.59. The van der Waals surface area contributed by atoms with E-state index in [1.165, 1.54) is 0 Å². The van der Waals surface area contributed by atoms with Crippen LogP contribution in [0.25, 0.3) is 0 Å². The summed E-state index contributed by atoms with van der Waals surface area (Å²) in [4.78, 5) is 0. The summed E-state index contributed by atoms with van der Waals surface area (Å²) >= 11 is 6.98. The van der Waals surface area contributed by atoms with Crippen molar-refractivity contribution in [3.05, 3.63) is 39.3 Å². The molecule has 0 amide bonds. The number of halogens is 2. The van der Waals surface area contributed by atoms with Crippen LogP contribution in [0.5, 0.6) is 5.75 Å².